The summed E-state index contributed by atoms with van der Waals surface area (Å²) in [5.74, 6) is 0.675. The van der Waals surface area contributed by atoms with E-state index in [4.69, 9.17) is 4.52 Å². The predicted octanol–water partition coefficient (Wildman–Crippen LogP) is 2.33. The van der Waals surface area contributed by atoms with E-state index in [0.29, 0.717) is 29.4 Å². The van der Waals surface area contributed by atoms with Crippen molar-refractivity contribution in [1.82, 2.24) is 10.1 Å². The summed E-state index contributed by atoms with van der Waals surface area (Å²) in [6, 6.07) is 6.35. The molecule has 0 unspecified atom stereocenters. The lowest BCUT2D eigenvalue weighted by molar-refractivity contribution is 0.219. The largest absolute Gasteiger partial charge is 0.361 e. The number of benzene rings is 1. The van der Waals surface area contributed by atoms with Crippen molar-refractivity contribution < 1.29 is 17.7 Å². The fraction of sp³-hybridized carbons (Fsp3) is 0.333. The van der Waals surface area contributed by atoms with Crippen LogP contribution in [0.3, 0.4) is 0 Å². The van der Waals surface area contributed by atoms with E-state index in [2.05, 4.69) is 15.2 Å². The molecule has 0 fully saturated rings. The van der Waals surface area contributed by atoms with Gasteiger partial charge in [-0.15, -0.1) is 0 Å². The molecule has 9 heteroatoms. The molecule has 130 valence electrons. The summed E-state index contributed by atoms with van der Waals surface area (Å²) < 4.78 is 30.0. The number of carbonyl (C=O) groups excluding carboxylic acids is 1. The number of aryl methyl sites for hydroxylation is 2. The molecule has 0 saturated carbocycles. The number of nitrogens with zero attached hydrogens (tertiary/aromatic N) is 2. The third kappa shape index (κ3) is 4.98. The molecule has 0 aliphatic heterocycles. The zero-order chi connectivity index (χ0) is 17.9. The smallest absolute Gasteiger partial charge is 0.321 e. The van der Waals surface area contributed by atoms with Gasteiger partial charge in [0, 0.05) is 18.8 Å². The minimum Gasteiger partial charge on any atom is -0.361 e. The van der Waals surface area contributed by atoms with Gasteiger partial charge in [-0.05, 0) is 31.5 Å². The summed E-state index contributed by atoms with van der Waals surface area (Å²) in [5, 5.41) is 6.60. The topological polar surface area (TPSA) is 105 Å². The van der Waals surface area contributed by atoms with Crippen LogP contribution in [-0.2, 0) is 16.6 Å². The van der Waals surface area contributed by atoms with Crippen LogP contribution in [-0.4, -0.2) is 37.8 Å². The lowest BCUT2D eigenvalue weighted by atomic mass is 10.2. The maximum absolute atomic E-state index is 12.3. The number of nitrogens with one attached hydrogen (secondary N) is 2. The van der Waals surface area contributed by atoms with Gasteiger partial charge in [0.25, 0.3) is 0 Å². The van der Waals surface area contributed by atoms with Crippen molar-refractivity contribution in [2.75, 3.05) is 23.3 Å². The molecule has 1 heterocycles. The highest BCUT2D eigenvalue weighted by molar-refractivity contribution is 7.92. The number of aromatic nitrogens is 1. The Bertz CT molecular complexity index is 845. The van der Waals surface area contributed by atoms with E-state index < -0.39 is 10.0 Å². The highest BCUT2D eigenvalue weighted by Crippen LogP contribution is 2.21. The normalized spacial score (nSPS) is 11.2. The predicted molar refractivity (Wildman–Crippen MR) is 91.4 cm³/mol. The molecular formula is C15H20N4O4S. The van der Waals surface area contributed by atoms with E-state index in [0.717, 1.165) is 11.8 Å². The van der Waals surface area contributed by atoms with Gasteiger partial charge in [0.05, 0.1) is 18.5 Å². The van der Waals surface area contributed by atoms with Crippen LogP contribution in [0.1, 0.15) is 17.0 Å². The Morgan fingerprint density at radius 1 is 1.29 bits per heavy atom. The van der Waals surface area contributed by atoms with Gasteiger partial charge in [0.2, 0.25) is 10.0 Å². The van der Waals surface area contributed by atoms with Crippen LogP contribution in [0.4, 0.5) is 16.2 Å². The summed E-state index contributed by atoms with van der Waals surface area (Å²) in [6.45, 7) is 3.89. The van der Waals surface area contributed by atoms with Crippen molar-refractivity contribution in [2.45, 2.75) is 20.4 Å². The van der Waals surface area contributed by atoms with E-state index in [1.165, 1.54) is 4.90 Å². The number of rotatable bonds is 5. The minimum absolute atomic E-state index is 0.295. The minimum atomic E-state index is -3.38. The molecule has 1 aromatic carbocycles. The third-order valence-corrected chi connectivity index (χ3v) is 3.81. The molecule has 2 aromatic rings. The highest BCUT2D eigenvalue weighted by Gasteiger charge is 2.13. The Hall–Kier alpha value is -2.55. The first-order valence-corrected chi connectivity index (χ1v) is 9.06. The SMILES string of the molecule is Cc1cc(CN(C)C(=O)Nc2cc(NS(C)(=O)=O)ccc2C)no1. The van der Waals surface area contributed by atoms with Gasteiger partial charge in [0.1, 0.15) is 11.5 Å². The zero-order valence-electron chi connectivity index (χ0n) is 14.0. The Morgan fingerprint density at radius 3 is 2.58 bits per heavy atom. The van der Waals surface area contributed by atoms with Crippen LogP contribution < -0.4 is 10.0 Å². The number of hydrogen-bond acceptors (Lipinski definition) is 5. The van der Waals surface area contributed by atoms with Crippen molar-refractivity contribution >= 4 is 27.4 Å². The molecule has 8 nitrogen and oxygen atoms in total. The van der Waals surface area contributed by atoms with E-state index in [1.807, 2.05) is 6.92 Å². The molecular weight excluding hydrogens is 332 g/mol. The summed E-state index contributed by atoms with van der Waals surface area (Å²) in [4.78, 5) is 13.7. The quantitative estimate of drug-likeness (QED) is 0.859. The van der Waals surface area contributed by atoms with Crippen LogP contribution in [0, 0.1) is 13.8 Å². The summed E-state index contributed by atoms with van der Waals surface area (Å²) in [7, 11) is -1.75. The molecule has 2 amide bonds. The second kappa shape index (κ2) is 6.91. The van der Waals surface area contributed by atoms with Gasteiger partial charge in [-0.2, -0.15) is 0 Å². The van der Waals surface area contributed by atoms with Crippen molar-refractivity contribution in [1.29, 1.82) is 0 Å². The van der Waals surface area contributed by atoms with Gasteiger partial charge in [0.15, 0.2) is 0 Å². The fourth-order valence-corrected chi connectivity index (χ4v) is 2.61. The van der Waals surface area contributed by atoms with E-state index in [-0.39, 0.29) is 6.03 Å². The van der Waals surface area contributed by atoms with Crippen molar-refractivity contribution in [3.8, 4) is 0 Å². The third-order valence-electron chi connectivity index (χ3n) is 3.21. The van der Waals surface area contributed by atoms with Crippen molar-refractivity contribution in [2.24, 2.45) is 0 Å². The van der Waals surface area contributed by atoms with Crippen LogP contribution in [0.2, 0.25) is 0 Å². The second-order valence-electron chi connectivity index (χ2n) is 5.62. The molecule has 0 saturated heterocycles. The first kappa shape index (κ1) is 17.8. The fourth-order valence-electron chi connectivity index (χ4n) is 2.05. The highest BCUT2D eigenvalue weighted by atomic mass is 32.2. The van der Waals surface area contributed by atoms with E-state index >= 15 is 0 Å². The van der Waals surface area contributed by atoms with Gasteiger partial charge in [-0.1, -0.05) is 11.2 Å². The van der Waals surface area contributed by atoms with Gasteiger partial charge >= 0.3 is 6.03 Å². The Balaban J connectivity index is 2.08. The Morgan fingerprint density at radius 2 is 2.00 bits per heavy atom. The summed E-state index contributed by atoms with van der Waals surface area (Å²) in [6.07, 6.45) is 1.07. The number of amides is 2. The van der Waals surface area contributed by atoms with Crippen LogP contribution >= 0.6 is 0 Å². The lowest BCUT2D eigenvalue weighted by Crippen LogP contribution is -2.31. The first-order valence-electron chi connectivity index (χ1n) is 7.17. The van der Waals surface area contributed by atoms with Gasteiger partial charge < -0.3 is 14.7 Å². The van der Waals surface area contributed by atoms with Crippen molar-refractivity contribution in [3.63, 3.8) is 0 Å². The first-order chi connectivity index (χ1) is 11.1. The average molecular weight is 352 g/mol. The molecule has 0 radical (unpaired) electrons. The number of sulfonamides is 1. The molecule has 0 spiro atoms. The average Bonchev–Trinajstić information content (AvgIpc) is 2.86. The number of anilines is 2. The number of hydrogen-bond donors (Lipinski definition) is 2. The van der Waals surface area contributed by atoms with Gasteiger partial charge in [-0.25, -0.2) is 13.2 Å². The molecule has 1 aromatic heterocycles. The van der Waals surface area contributed by atoms with E-state index in [1.54, 1.807) is 38.2 Å². The molecule has 0 atom stereocenters. The lowest BCUT2D eigenvalue weighted by Gasteiger charge is -2.18. The van der Waals surface area contributed by atoms with E-state index in [9.17, 15) is 13.2 Å². The second-order valence-corrected chi connectivity index (χ2v) is 7.37. The molecule has 24 heavy (non-hydrogen) atoms. The molecule has 0 aliphatic rings. The summed E-state index contributed by atoms with van der Waals surface area (Å²) in [5.41, 5.74) is 2.37. The monoisotopic (exact) mass is 352 g/mol. The summed E-state index contributed by atoms with van der Waals surface area (Å²) >= 11 is 0. The van der Waals surface area contributed by atoms with Crippen LogP contribution in [0.15, 0.2) is 28.8 Å². The Labute approximate surface area is 140 Å². The molecule has 0 bridgehead atoms. The molecule has 2 N–H and O–H groups in total. The zero-order valence-corrected chi connectivity index (χ0v) is 14.8. The maximum atomic E-state index is 12.3. The van der Waals surface area contributed by atoms with Crippen LogP contribution in [0.5, 0.6) is 0 Å². The van der Waals surface area contributed by atoms with Crippen molar-refractivity contribution in [3.05, 3.63) is 41.3 Å². The Kier molecular flexibility index (Phi) is 5.13. The van der Waals surface area contributed by atoms with Crippen LogP contribution in [0.25, 0.3) is 0 Å². The molecule has 0 aliphatic carbocycles. The number of carbonyl (C=O) groups is 1. The maximum Gasteiger partial charge on any atom is 0.321 e. The molecule has 2 rings (SSSR count). The number of urea groups is 1. The standard InChI is InChI=1S/C15H20N4O4S/c1-10-5-6-12(18-24(4,21)22)8-14(10)16-15(20)19(3)9-13-7-11(2)23-17-13/h5-8,18H,9H2,1-4H3,(H,16,20). The van der Waals surface area contributed by atoms with Gasteiger partial charge in [-0.3, -0.25) is 4.72 Å².